The Morgan fingerprint density at radius 2 is 1.68 bits per heavy atom. The van der Waals surface area contributed by atoms with Crippen LogP contribution in [0.2, 0.25) is 0 Å². The van der Waals surface area contributed by atoms with E-state index in [4.69, 9.17) is 9.47 Å². The summed E-state index contributed by atoms with van der Waals surface area (Å²) in [5.41, 5.74) is 1.12. The lowest BCUT2D eigenvalue weighted by molar-refractivity contribution is 0.311. The molecule has 0 aliphatic rings. The predicted octanol–water partition coefficient (Wildman–Crippen LogP) is 3.21. The summed E-state index contributed by atoms with van der Waals surface area (Å²) in [6.07, 6.45) is 0.785. The van der Waals surface area contributed by atoms with Crippen molar-refractivity contribution in [2.45, 2.75) is 13.3 Å². The van der Waals surface area contributed by atoms with Crippen molar-refractivity contribution in [3.05, 3.63) is 54.1 Å². The Hall–Kier alpha value is -2.16. The molecular formula is C16H17O3. The van der Waals surface area contributed by atoms with E-state index in [1.165, 1.54) is 0 Å². The summed E-state index contributed by atoms with van der Waals surface area (Å²) in [7, 11) is 0. The van der Waals surface area contributed by atoms with Gasteiger partial charge in [-0.1, -0.05) is 18.2 Å². The van der Waals surface area contributed by atoms with Crippen LogP contribution in [0.3, 0.4) is 0 Å². The second-order valence-corrected chi connectivity index (χ2v) is 4.08. The highest BCUT2D eigenvalue weighted by Crippen LogP contribution is 2.18. The molecule has 0 aliphatic heterocycles. The summed E-state index contributed by atoms with van der Waals surface area (Å²) in [6, 6.07) is 15.8. The minimum absolute atomic E-state index is 0.280. The zero-order chi connectivity index (χ0) is 13.5. The molecule has 19 heavy (non-hydrogen) atoms. The molecule has 0 atom stereocenters. The van der Waals surface area contributed by atoms with Gasteiger partial charge >= 0.3 is 0 Å². The molecule has 0 amide bonds. The Bertz CT molecular complexity index is 506. The number of rotatable bonds is 6. The van der Waals surface area contributed by atoms with Crippen molar-refractivity contribution in [1.29, 1.82) is 0 Å². The summed E-state index contributed by atoms with van der Waals surface area (Å²) in [6.45, 7) is 3.12. The van der Waals surface area contributed by atoms with Crippen LogP contribution in [0, 0.1) is 6.07 Å². The second-order valence-electron chi connectivity index (χ2n) is 4.08. The minimum Gasteiger partial charge on any atom is -0.508 e. The summed E-state index contributed by atoms with van der Waals surface area (Å²) < 4.78 is 11.0. The molecule has 1 radical (unpaired) electrons. The molecule has 0 bridgehead atoms. The lowest BCUT2D eigenvalue weighted by Gasteiger charge is -2.08. The Morgan fingerprint density at radius 3 is 2.37 bits per heavy atom. The molecule has 2 aromatic rings. The number of hydrogen-bond donors (Lipinski definition) is 1. The van der Waals surface area contributed by atoms with Gasteiger partial charge in [0.2, 0.25) is 0 Å². The number of benzene rings is 2. The van der Waals surface area contributed by atoms with Crippen LogP contribution in [-0.2, 0) is 6.42 Å². The molecule has 0 aromatic heterocycles. The third kappa shape index (κ3) is 4.21. The lowest BCUT2D eigenvalue weighted by atomic mass is 10.1. The monoisotopic (exact) mass is 257 g/mol. The molecule has 0 aliphatic carbocycles. The standard InChI is InChI=1S/C16H17O3/c1-2-18-15-4-3-5-16(12-15)19-11-10-13-6-8-14(17)9-7-13/h3-9,17H,2,10-11H2,1H3. The van der Waals surface area contributed by atoms with Crippen molar-refractivity contribution >= 4 is 0 Å². The zero-order valence-electron chi connectivity index (χ0n) is 10.9. The molecule has 0 saturated heterocycles. The second kappa shape index (κ2) is 6.69. The van der Waals surface area contributed by atoms with Gasteiger partial charge in [0.25, 0.3) is 0 Å². The van der Waals surface area contributed by atoms with Crippen molar-refractivity contribution in [2.24, 2.45) is 0 Å². The van der Waals surface area contributed by atoms with Crippen LogP contribution < -0.4 is 9.47 Å². The number of phenolic OH excluding ortho intramolecular Hbond substituents is 1. The van der Waals surface area contributed by atoms with Crippen molar-refractivity contribution in [3.63, 3.8) is 0 Å². The first-order valence-corrected chi connectivity index (χ1v) is 6.34. The highest BCUT2D eigenvalue weighted by molar-refractivity contribution is 5.31. The highest BCUT2D eigenvalue weighted by atomic mass is 16.5. The van der Waals surface area contributed by atoms with E-state index in [1.807, 2.05) is 37.3 Å². The molecule has 1 N–H and O–H groups in total. The van der Waals surface area contributed by atoms with Gasteiger partial charge in [-0.2, -0.15) is 0 Å². The fraction of sp³-hybridized carbons (Fsp3) is 0.250. The van der Waals surface area contributed by atoms with Crippen molar-refractivity contribution in [3.8, 4) is 17.2 Å². The van der Waals surface area contributed by atoms with Crippen molar-refractivity contribution in [2.75, 3.05) is 13.2 Å². The van der Waals surface area contributed by atoms with E-state index in [2.05, 4.69) is 6.07 Å². The fourth-order valence-corrected chi connectivity index (χ4v) is 1.69. The number of hydrogen-bond acceptors (Lipinski definition) is 3. The largest absolute Gasteiger partial charge is 0.508 e. The van der Waals surface area contributed by atoms with Gasteiger partial charge in [-0.3, -0.25) is 0 Å². The van der Waals surface area contributed by atoms with Crippen LogP contribution in [0.15, 0.2) is 42.5 Å². The number of ether oxygens (including phenoxy) is 2. The van der Waals surface area contributed by atoms with E-state index in [0.717, 1.165) is 12.0 Å². The van der Waals surface area contributed by atoms with Crippen LogP contribution in [0.4, 0.5) is 0 Å². The molecule has 0 heterocycles. The van der Waals surface area contributed by atoms with E-state index in [-0.39, 0.29) is 5.75 Å². The van der Waals surface area contributed by atoms with Gasteiger partial charge in [-0.25, -0.2) is 0 Å². The Kier molecular flexibility index (Phi) is 4.67. The summed E-state index contributed by atoms with van der Waals surface area (Å²) >= 11 is 0. The first kappa shape index (κ1) is 13.3. The lowest BCUT2D eigenvalue weighted by Crippen LogP contribution is -2.01. The summed E-state index contributed by atoms with van der Waals surface area (Å²) in [4.78, 5) is 0. The first-order valence-electron chi connectivity index (χ1n) is 6.34. The van der Waals surface area contributed by atoms with Gasteiger partial charge in [0, 0.05) is 6.42 Å². The topological polar surface area (TPSA) is 38.7 Å². The fourth-order valence-electron chi connectivity index (χ4n) is 1.69. The van der Waals surface area contributed by atoms with Gasteiger partial charge in [0.15, 0.2) is 0 Å². The Balaban J connectivity index is 1.85. The van der Waals surface area contributed by atoms with E-state index in [1.54, 1.807) is 12.1 Å². The van der Waals surface area contributed by atoms with E-state index < -0.39 is 0 Å². The molecule has 3 nitrogen and oxygen atoms in total. The van der Waals surface area contributed by atoms with Gasteiger partial charge in [0.1, 0.15) is 17.2 Å². The zero-order valence-corrected chi connectivity index (χ0v) is 10.9. The molecule has 0 unspecified atom stereocenters. The SMILES string of the molecule is CCOc1[c]c(OCCc2ccc(O)cc2)ccc1. The van der Waals surface area contributed by atoms with E-state index in [0.29, 0.717) is 24.7 Å². The summed E-state index contributed by atoms with van der Waals surface area (Å²) in [5.74, 6) is 1.66. The Labute approximate surface area is 113 Å². The maximum absolute atomic E-state index is 9.19. The number of aromatic hydroxyl groups is 1. The van der Waals surface area contributed by atoms with Crippen LogP contribution in [0.25, 0.3) is 0 Å². The number of phenols is 1. The predicted molar refractivity (Wildman–Crippen MR) is 73.8 cm³/mol. The molecular weight excluding hydrogens is 240 g/mol. The average molecular weight is 257 g/mol. The van der Waals surface area contributed by atoms with E-state index >= 15 is 0 Å². The molecule has 0 spiro atoms. The third-order valence-corrected chi connectivity index (χ3v) is 2.63. The van der Waals surface area contributed by atoms with Gasteiger partial charge in [-0.15, -0.1) is 0 Å². The van der Waals surface area contributed by atoms with Gasteiger partial charge < -0.3 is 14.6 Å². The molecule has 2 rings (SSSR count). The Morgan fingerprint density at radius 1 is 1.00 bits per heavy atom. The van der Waals surface area contributed by atoms with E-state index in [9.17, 15) is 5.11 Å². The first-order chi connectivity index (χ1) is 9.28. The maximum atomic E-state index is 9.19. The van der Waals surface area contributed by atoms with Gasteiger partial charge in [0.05, 0.1) is 19.3 Å². The molecule has 2 aromatic carbocycles. The molecule has 0 saturated carbocycles. The molecule has 0 fully saturated rings. The smallest absolute Gasteiger partial charge is 0.131 e. The van der Waals surface area contributed by atoms with Crippen molar-refractivity contribution in [1.82, 2.24) is 0 Å². The van der Waals surface area contributed by atoms with Crippen LogP contribution >= 0.6 is 0 Å². The quantitative estimate of drug-likeness (QED) is 0.863. The molecule has 3 heteroatoms. The normalized spacial score (nSPS) is 10.2. The van der Waals surface area contributed by atoms with Crippen LogP contribution in [0.5, 0.6) is 17.2 Å². The third-order valence-electron chi connectivity index (χ3n) is 2.63. The minimum atomic E-state index is 0.280. The highest BCUT2D eigenvalue weighted by Gasteiger charge is 1.99. The van der Waals surface area contributed by atoms with Crippen LogP contribution in [0.1, 0.15) is 12.5 Å². The average Bonchev–Trinajstić information content (AvgIpc) is 2.42. The van der Waals surface area contributed by atoms with Crippen molar-refractivity contribution < 1.29 is 14.6 Å². The maximum Gasteiger partial charge on any atom is 0.131 e. The molecule has 99 valence electrons. The van der Waals surface area contributed by atoms with Crippen LogP contribution in [-0.4, -0.2) is 18.3 Å². The van der Waals surface area contributed by atoms with Gasteiger partial charge in [-0.05, 0) is 36.8 Å². The summed E-state index contributed by atoms with van der Waals surface area (Å²) in [5, 5.41) is 9.19.